The first-order valence-corrected chi connectivity index (χ1v) is 4.44. The van der Waals surface area contributed by atoms with Crippen molar-refractivity contribution in [3.8, 4) is 0 Å². The molecule has 2 unspecified atom stereocenters. The third-order valence-corrected chi connectivity index (χ3v) is 2.15. The van der Waals surface area contributed by atoms with Gasteiger partial charge in [0.2, 0.25) is 11.8 Å². The van der Waals surface area contributed by atoms with Crippen LogP contribution in [0.5, 0.6) is 0 Å². The van der Waals surface area contributed by atoms with E-state index in [0.29, 0.717) is 18.4 Å². The van der Waals surface area contributed by atoms with Crippen LogP contribution in [0.1, 0.15) is 19.8 Å². The first-order valence-electron chi connectivity index (χ1n) is 4.44. The Morgan fingerprint density at radius 1 is 1.85 bits per heavy atom. The van der Waals surface area contributed by atoms with Gasteiger partial charge in [-0.15, -0.1) is 0 Å². The third kappa shape index (κ3) is 1.88. The SMILES string of the molecule is CC(CC1CC(=O)N1)OC1=NC=C1. The standard InChI is InChI=1S/C9H12N2O2/c1-6(13-9-2-3-10-9)4-7-5-8(12)11-7/h2-3,6-7H,4-5H2,1H3,(H,11,12). The molecule has 4 nitrogen and oxygen atoms in total. The monoisotopic (exact) mass is 180 g/mol. The maximum absolute atomic E-state index is 10.6. The second-order valence-corrected chi connectivity index (χ2v) is 3.42. The summed E-state index contributed by atoms with van der Waals surface area (Å²) < 4.78 is 5.44. The summed E-state index contributed by atoms with van der Waals surface area (Å²) in [5.74, 6) is 0.830. The van der Waals surface area contributed by atoms with Gasteiger partial charge in [0.15, 0.2) is 0 Å². The fourth-order valence-corrected chi connectivity index (χ4v) is 1.43. The molecule has 0 aliphatic carbocycles. The number of hydrogen-bond donors (Lipinski definition) is 1. The number of amides is 1. The van der Waals surface area contributed by atoms with Gasteiger partial charge in [0.1, 0.15) is 0 Å². The molecular weight excluding hydrogens is 168 g/mol. The lowest BCUT2D eigenvalue weighted by molar-refractivity contribution is -0.128. The van der Waals surface area contributed by atoms with Crippen LogP contribution >= 0.6 is 0 Å². The van der Waals surface area contributed by atoms with Crippen LogP contribution in [-0.4, -0.2) is 24.0 Å². The average molecular weight is 180 g/mol. The maximum atomic E-state index is 10.6. The molecule has 0 saturated carbocycles. The fourth-order valence-electron chi connectivity index (χ4n) is 1.43. The highest BCUT2D eigenvalue weighted by molar-refractivity contribution is 5.92. The number of carbonyl (C=O) groups is 1. The number of rotatable bonds is 3. The van der Waals surface area contributed by atoms with Gasteiger partial charge in [-0.25, -0.2) is 4.99 Å². The molecule has 1 amide bonds. The highest BCUT2D eigenvalue weighted by Crippen LogP contribution is 2.14. The van der Waals surface area contributed by atoms with E-state index in [1.807, 2.05) is 13.0 Å². The quantitative estimate of drug-likeness (QED) is 0.646. The molecule has 1 fully saturated rings. The summed E-state index contributed by atoms with van der Waals surface area (Å²) in [7, 11) is 0. The summed E-state index contributed by atoms with van der Waals surface area (Å²) >= 11 is 0. The zero-order chi connectivity index (χ0) is 9.26. The van der Waals surface area contributed by atoms with E-state index in [9.17, 15) is 4.79 Å². The largest absolute Gasteiger partial charge is 0.475 e. The Bertz CT molecular complexity index is 275. The second kappa shape index (κ2) is 3.20. The summed E-state index contributed by atoms with van der Waals surface area (Å²) in [4.78, 5) is 14.5. The normalized spacial score (nSPS) is 26.7. The van der Waals surface area contributed by atoms with Crippen molar-refractivity contribution in [1.82, 2.24) is 5.32 Å². The minimum atomic E-state index is 0.120. The van der Waals surface area contributed by atoms with Gasteiger partial charge < -0.3 is 10.1 Å². The predicted molar refractivity (Wildman–Crippen MR) is 48.3 cm³/mol. The lowest BCUT2D eigenvalue weighted by Gasteiger charge is -2.29. The minimum Gasteiger partial charge on any atom is -0.475 e. The van der Waals surface area contributed by atoms with Gasteiger partial charge in [-0.3, -0.25) is 4.79 Å². The van der Waals surface area contributed by atoms with E-state index < -0.39 is 0 Å². The molecule has 2 rings (SSSR count). The smallest absolute Gasteiger partial charge is 0.222 e. The lowest BCUT2D eigenvalue weighted by atomic mass is 10.00. The van der Waals surface area contributed by atoms with Crippen molar-refractivity contribution in [2.24, 2.45) is 4.99 Å². The Labute approximate surface area is 76.7 Å². The van der Waals surface area contributed by atoms with Crippen molar-refractivity contribution in [3.05, 3.63) is 12.3 Å². The second-order valence-electron chi connectivity index (χ2n) is 3.42. The molecule has 4 heteroatoms. The number of nitrogens with zero attached hydrogens (tertiary/aromatic N) is 1. The molecule has 2 heterocycles. The van der Waals surface area contributed by atoms with E-state index >= 15 is 0 Å². The summed E-state index contributed by atoms with van der Waals surface area (Å²) in [6.45, 7) is 1.99. The van der Waals surface area contributed by atoms with Crippen molar-refractivity contribution >= 4 is 11.8 Å². The number of β-lactam (4-membered cyclic amide) rings is 1. The molecule has 0 aromatic rings. The van der Waals surface area contributed by atoms with E-state index in [4.69, 9.17) is 4.74 Å². The summed E-state index contributed by atoms with van der Waals surface area (Å²) in [6.07, 6.45) is 5.15. The summed E-state index contributed by atoms with van der Waals surface area (Å²) in [6, 6.07) is 0.298. The molecule has 0 bridgehead atoms. The molecule has 70 valence electrons. The van der Waals surface area contributed by atoms with Gasteiger partial charge in [-0.05, 0) is 6.92 Å². The van der Waals surface area contributed by atoms with Crippen LogP contribution in [0.25, 0.3) is 0 Å². The van der Waals surface area contributed by atoms with Gasteiger partial charge in [-0.1, -0.05) is 0 Å². The molecule has 1 N–H and O–H groups in total. The zero-order valence-electron chi connectivity index (χ0n) is 7.49. The molecule has 0 spiro atoms. The lowest BCUT2D eigenvalue weighted by Crippen LogP contribution is -2.49. The summed E-state index contributed by atoms with van der Waals surface area (Å²) in [5, 5.41) is 2.81. The van der Waals surface area contributed by atoms with Gasteiger partial charge in [0, 0.05) is 31.2 Å². The van der Waals surface area contributed by atoms with E-state index in [0.717, 1.165) is 6.42 Å². The topological polar surface area (TPSA) is 50.7 Å². The molecule has 2 atom stereocenters. The molecule has 0 radical (unpaired) electrons. The highest BCUT2D eigenvalue weighted by Gasteiger charge is 2.27. The number of nitrogens with one attached hydrogen (secondary N) is 1. The van der Waals surface area contributed by atoms with E-state index in [1.165, 1.54) is 0 Å². The Morgan fingerprint density at radius 2 is 2.54 bits per heavy atom. The minimum absolute atomic E-state index is 0.120. The molecular formula is C9H12N2O2. The molecule has 1 saturated heterocycles. The number of ether oxygens (including phenoxy) is 1. The number of carbonyl (C=O) groups excluding carboxylic acids is 1. The van der Waals surface area contributed by atoms with Crippen LogP contribution in [0.15, 0.2) is 17.3 Å². The molecule has 0 aromatic carbocycles. The van der Waals surface area contributed by atoms with Crippen LogP contribution in [0, 0.1) is 0 Å². The van der Waals surface area contributed by atoms with Crippen molar-refractivity contribution in [2.45, 2.75) is 31.9 Å². The fraction of sp³-hybridized carbons (Fsp3) is 0.556. The zero-order valence-corrected chi connectivity index (χ0v) is 7.49. The predicted octanol–water partition coefficient (Wildman–Crippen LogP) is 0.596. The highest BCUT2D eigenvalue weighted by atomic mass is 16.5. The third-order valence-electron chi connectivity index (χ3n) is 2.15. The van der Waals surface area contributed by atoms with Crippen molar-refractivity contribution in [3.63, 3.8) is 0 Å². The van der Waals surface area contributed by atoms with Gasteiger partial charge in [0.25, 0.3) is 0 Å². The molecule has 0 aromatic heterocycles. The number of aliphatic imine (C=N–C) groups is 1. The van der Waals surface area contributed by atoms with E-state index in [-0.39, 0.29) is 12.0 Å². The first-order chi connectivity index (χ1) is 6.24. The molecule has 2 aliphatic rings. The Morgan fingerprint density at radius 3 is 3.00 bits per heavy atom. The van der Waals surface area contributed by atoms with Crippen molar-refractivity contribution < 1.29 is 9.53 Å². The molecule has 2 aliphatic heterocycles. The van der Waals surface area contributed by atoms with Crippen LogP contribution < -0.4 is 5.32 Å². The van der Waals surface area contributed by atoms with E-state index in [2.05, 4.69) is 10.3 Å². The summed E-state index contributed by atoms with van der Waals surface area (Å²) in [5.41, 5.74) is 0. The van der Waals surface area contributed by atoms with Crippen LogP contribution in [-0.2, 0) is 9.53 Å². The van der Waals surface area contributed by atoms with Crippen molar-refractivity contribution in [1.29, 1.82) is 0 Å². The Hall–Kier alpha value is -1.32. The first kappa shape index (κ1) is 8.29. The van der Waals surface area contributed by atoms with Crippen LogP contribution in [0.2, 0.25) is 0 Å². The molecule has 13 heavy (non-hydrogen) atoms. The van der Waals surface area contributed by atoms with Crippen LogP contribution in [0.3, 0.4) is 0 Å². The van der Waals surface area contributed by atoms with Crippen LogP contribution in [0.4, 0.5) is 0 Å². The maximum Gasteiger partial charge on any atom is 0.222 e. The Balaban J connectivity index is 1.66. The van der Waals surface area contributed by atoms with Crippen molar-refractivity contribution in [2.75, 3.05) is 0 Å². The number of hydrogen-bond acceptors (Lipinski definition) is 3. The van der Waals surface area contributed by atoms with Gasteiger partial charge in [-0.2, -0.15) is 0 Å². The Kier molecular flexibility index (Phi) is 2.04. The van der Waals surface area contributed by atoms with E-state index in [1.54, 1.807) is 6.20 Å². The van der Waals surface area contributed by atoms with Gasteiger partial charge in [0.05, 0.1) is 6.10 Å². The van der Waals surface area contributed by atoms with Gasteiger partial charge >= 0.3 is 0 Å². The average Bonchev–Trinajstić information content (AvgIpc) is 1.94.